The molecule has 2 saturated heterocycles. The van der Waals surface area contributed by atoms with E-state index in [4.69, 9.17) is 4.74 Å². The van der Waals surface area contributed by atoms with Gasteiger partial charge in [0, 0.05) is 67.6 Å². The lowest BCUT2D eigenvalue weighted by atomic mass is 9.98. The number of fused-ring (bicyclic) bond motifs is 3. The molecule has 2 N–H and O–H groups in total. The Morgan fingerprint density at radius 1 is 1.00 bits per heavy atom. The highest BCUT2D eigenvalue weighted by Crippen LogP contribution is 2.32. The van der Waals surface area contributed by atoms with Gasteiger partial charge in [-0.05, 0) is 87.1 Å². The van der Waals surface area contributed by atoms with Crippen LogP contribution in [0.25, 0.3) is 22.3 Å². The van der Waals surface area contributed by atoms with Gasteiger partial charge in [-0.25, -0.2) is 9.37 Å². The predicted molar refractivity (Wildman–Crippen MR) is 191 cm³/mol. The van der Waals surface area contributed by atoms with Crippen LogP contribution in [0.2, 0.25) is 0 Å². The minimum atomic E-state index is -0.570. The molecule has 50 heavy (non-hydrogen) atoms. The van der Waals surface area contributed by atoms with Crippen LogP contribution in [-0.2, 0) is 31.2 Å². The zero-order chi connectivity index (χ0) is 34.7. The van der Waals surface area contributed by atoms with Gasteiger partial charge in [0.2, 0.25) is 0 Å². The van der Waals surface area contributed by atoms with Crippen molar-refractivity contribution in [2.45, 2.75) is 64.3 Å². The van der Waals surface area contributed by atoms with E-state index in [9.17, 15) is 14.7 Å². The van der Waals surface area contributed by atoms with Gasteiger partial charge in [-0.15, -0.1) is 0 Å². The Kier molecular flexibility index (Phi) is 8.32. The van der Waals surface area contributed by atoms with E-state index < -0.39 is 12.4 Å². The number of piperazine rings is 1. The van der Waals surface area contributed by atoms with E-state index in [0.29, 0.717) is 46.2 Å². The van der Waals surface area contributed by atoms with Crippen molar-refractivity contribution in [3.05, 3.63) is 105 Å². The molecular weight excluding hydrogens is 637 g/mol. The van der Waals surface area contributed by atoms with Crippen LogP contribution in [0.15, 0.2) is 70.8 Å². The quantitative estimate of drug-likeness (QED) is 0.261. The molecule has 2 aliphatic heterocycles. The van der Waals surface area contributed by atoms with Crippen molar-refractivity contribution in [3.63, 3.8) is 0 Å². The number of nitrogens with zero attached hydrogens (tertiary/aromatic N) is 6. The Labute approximate surface area is 289 Å². The summed E-state index contributed by atoms with van der Waals surface area (Å²) in [5.74, 6) is -0.0781. The summed E-state index contributed by atoms with van der Waals surface area (Å²) in [5, 5.41) is 13.8. The molecular formula is C38H42FN7O4. The zero-order valence-corrected chi connectivity index (χ0v) is 28.6. The van der Waals surface area contributed by atoms with Crippen LogP contribution < -0.4 is 21.3 Å². The van der Waals surface area contributed by atoms with Crippen molar-refractivity contribution in [3.8, 4) is 16.8 Å². The van der Waals surface area contributed by atoms with Gasteiger partial charge >= 0.3 is 0 Å². The minimum absolute atomic E-state index is 0.246. The molecule has 260 valence electrons. The number of aryl methyl sites for hydroxylation is 3. The summed E-state index contributed by atoms with van der Waals surface area (Å²) in [6.45, 7) is 7.45. The fourth-order valence-electron chi connectivity index (χ4n) is 7.99. The third-order valence-electron chi connectivity index (χ3n) is 10.7. The van der Waals surface area contributed by atoms with Crippen LogP contribution in [0.3, 0.4) is 0 Å². The molecule has 6 heterocycles. The molecule has 1 aromatic carbocycles. The van der Waals surface area contributed by atoms with Gasteiger partial charge < -0.3 is 29.0 Å². The Bertz CT molecular complexity index is 2200. The number of pyridine rings is 2. The van der Waals surface area contributed by atoms with Gasteiger partial charge in [-0.3, -0.25) is 19.1 Å². The number of hydrogen-bond acceptors (Lipinski definition) is 8. The van der Waals surface area contributed by atoms with Gasteiger partial charge in [0.25, 0.3) is 11.1 Å². The van der Waals surface area contributed by atoms with Crippen LogP contribution in [-0.4, -0.2) is 73.0 Å². The summed E-state index contributed by atoms with van der Waals surface area (Å²) in [6, 6.07) is 11.2. The van der Waals surface area contributed by atoms with Crippen molar-refractivity contribution in [1.29, 1.82) is 0 Å². The van der Waals surface area contributed by atoms with Crippen molar-refractivity contribution < 1.29 is 14.2 Å². The summed E-state index contributed by atoms with van der Waals surface area (Å²) in [5.41, 5.74) is 5.02. The number of rotatable bonds is 7. The van der Waals surface area contributed by atoms with E-state index in [-0.39, 0.29) is 22.5 Å². The van der Waals surface area contributed by atoms with Gasteiger partial charge in [-0.1, -0.05) is 0 Å². The normalized spacial score (nSPS) is 19.8. The summed E-state index contributed by atoms with van der Waals surface area (Å²) >= 11 is 0. The van der Waals surface area contributed by atoms with Crippen LogP contribution in [0.4, 0.5) is 21.6 Å². The molecule has 8 rings (SSSR count). The van der Waals surface area contributed by atoms with E-state index in [0.717, 1.165) is 63.4 Å². The second-order valence-corrected chi connectivity index (χ2v) is 14.0. The summed E-state index contributed by atoms with van der Waals surface area (Å²) in [7, 11) is 1.62. The summed E-state index contributed by atoms with van der Waals surface area (Å²) in [6.07, 6.45) is 10.9. The van der Waals surface area contributed by atoms with Crippen LogP contribution in [0, 0.1) is 5.82 Å². The zero-order valence-electron chi connectivity index (χ0n) is 28.6. The van der Waals surface area contributed by atoms with Crippen LogP contribution in [0.5, 0.6) is 0 Å². The number of hydrogen-bond donors (Lipinski definition) is 2. The first kappa shape index (κ1) is 32.4. The third kappa shape index (κ3) is 5.61. The molecule has 12 heteroatoms. The topological polar surface area (TPSA) is 109 Å². The SMILES string of the molecule is C[C@@H]1CN(c2ccc(Nc3cc(-c4cc(F)cc(-n5ccn6c7c(cc6c5=O)CCCC7)c4CO)cn(C)c3=O)nc2)[C@@H](C)CN1C1COC1. The molecule has 0 spiro atoms. The number of benzene rings is 1. The standard InChI is InChI=1S/C38H42FN7O4/c1-23-18-46(29-21-50-22-29)24(2)17-45(23)28-8-9-36(40-16-28)41-32-12-26(19-42(3)37(32)48)30-14-27(39)15-34(31(30)20-47)44-11-10-43-33-7-5-4-6-25(33)13-35(43)38(44)49/h8-16,19,23-24,29,47H,4-7,17-18,20-22H2,1-3H3,(H,40,41)/t23-,24+/m0/s1. The molecule has 3 aliphatic rings. The lowest BCUT2D eigenvalue weighted by Gasteiger charge is -2.50. The molecule has 1 aliphatic carbocycles. The van der Waals surface area contributed by atoms with Gasteiger partial charge in [0.05, 0.1) is 43.4 Å². The fraction of sp³-hybridized carbons (Fsp3) is 0.395. The number of aromatic nitrogens is 4. The molecule has 0 radical (unpaired) electrons. The smallest absolute Gasteiger partial charge is 0.279 e. The average Bonchev–Trinajstić information content (AvgIpc) is 3.47. The lowest BCUT2D eigenvalue weighted by Crippen LogP contribution is -2.63. The maximum atomic E-state index is 15.4. The molecule has 5 aromatic rings. The van der Waals surface area contributed by atoms with E-state index in [1.54, 1.807) is 25.5 Å². The minimum Gasteiger partial charge on any atom is -0.392 e. The summed E-state index contributed by atoms with van der Waals surface area (Å²) < 4.78 is 25.6. The van der Waals surface area contributed by atoms with E-state index in [1.807, 2.05) is 35.0 Å². The first-order valence-corrected chi connectivity index (χ1v) is 17.4. The lowest BCUT2D eigenvalue weighted by molar-refractivity contribution is -0.0828. The molecule has 0 saturated carbocycles. The monoisotopic (exact) mass is 679 g/mol. The van der Waals surface area contributed by atoms with Crippen LogP contribution in [0.1, 0.15) is 43.5 Å². The fourth-order valence-corrected chi connectivity index (χ4v) is 7.99. The maximum Gasteiger partial charge on any atom is 0.279 e. The molecule has 0 unspecified atom stereocenters. The molecule has 0 amide bonds. The Hall–Kier alpha value is -4.78. The molecule has 0 bridgehead atoms. The summed E-state index contributed by atoms with van der Waals surface area (Å²) in [4.78, 5) is 36.7. The average molecular weight is 680 g/mol. The van der Waals surface area contributed by atoms with Gasteiger partial charge in [-0.2, -0.15) is 0 Å². The van der Waals surface area contributed by atoms with E-state index >= 15 is 4.39 Å². The highest BCUT2D eigenvalue weighted by Gasteiger charge is 2.36. The molecule has 11 nitrogen and oxygen atoms in total. The Morgan fingerprint density at radius 3 is 2.56 bits per heavy atom. The number of aliphatic hydroxyl groups is 1. The van der Waals surface area contributed by atoms with Crippen molar-refractivity contribution in [1.82, 2.24) is 23.4 Å². The van der Waals surface area contributed by atoms with E-state index in [1.165, 1.54) is 26.8 Å². The first-order chi connectivity index (χ1) is 24.2. The number of ether oxygens (including phenoxy) is 1. The highest BCUT2D eigenvalue weighted by molar-refractivity contribution is 5.75. The number of halogens is 1. The van der Waals surface area contributed by atoms with Gasteiger partial charge in [0.1, 0.15) is 22.8 Å². The predicted octanol–water partition coefficient (Wildman–Crippen LogP) is 4.40. The van der Waals surface area contributed by atoms with Crippen LogP contribution >= 0.6 is 0 Å². The van der Waals surface area contributed by atoms with Gasteiger partial charge in [0.15, 0.2) is 0 Å². The Morgan fingerprint density at radius 2 is 1.82 bits per heavy atom. The van der Waals surface area contributed by atoms with Crippen molar-refractivity contribution in [2.75, 3.05) is 36.5 Å². The second kappa shape index (κ2) is 12.8. The number of nitrogens with one attached hydrogen (secondary N) is 1. The molecule has 2 atom stereocenters. The second-order valence-electron chi connectivity index (χ2n) is 14.0. The Balaban J connectivity index is 1.10. The molecule has 4 aromatic heterocycles. The number of anilines is 3. The largest absolute Gasteiger partial charge is 0.392 e. The maximum absolute atomic E-state index is 15.4. The third-order valence-corrected chi connectivity index (χ3v) is 10.7. The van der Waals surface area contributed by atoms with Crippen molar-refractivity contribution in [2.24, 2.45) is 7.05 Å². The molecule has 2 fully saturated rings. The number of aliphatic hydroxyl groups excluding tert-OH is 1. The van der Waals surface area contributed by atoms with E-state index in [2.05, 4.69) is 33.9 Å². The van der Waals surface area contributed by atoms with Crippen molar-refractivity contribution >= 4 is 22.7 Å². The highest BCUT2D eigenvalue weighted by atomic mass is 19.1. The first-order valence-electron chi connectivity index (χ1n) is 17.4.